The van der Waals surface area contributed by atoms with Gasteiger partial charge in [0.25, 0.3) is 0 Å². The van der Waals surface area contributed by atoms with E-state index in [-0.39, 0.29) is 5.92 Å². The molecule has 1 aliphatic rings. The molecule has 0 atom stereocenters. The molecule has 2 aromatic carbocycles. The van der Waals surface area contributed by atoms with Gasteiger partial charge in [0, 0.05) is 33.9 Å². The topological polar surface area (TPSA) is 36.1 Å². The summed E-state index contributed by atoms with van der Waals surface area (Å²) in [6.07, 6.45) is 2.95. The predicted octanol–water partition coefficient (Wildman–Crippen LogP) is 5.89. The Labute approximate surface area is 181 Å². The quantitative estimate of drug-likeness (QED) is 0.475. The zero-order valence-electron chi connectivity index (χ0n) is 16.8. The van der Waals surface area contributed by atoms with Crippen molar-refractivity contribution in [3.8, 4) is 11.3 Å². The highest BCUT2D eigenvalue weighted by molar-refractivity contribution is 9.10. The van der Waals surface area contributed by atoms with Crippen molar-refractivity contribution in [1.82, 2.24) is 9.88 Å². The fourth-order valence-electron chi connectivity index (χ4n) is 4.18. The molecule has 0 saturated carbocycles. The average molecular weight is 451 g/mol. The summed E-state index contributed by atoms with van der Waals surface area (Å²) in [5, 5.41) is 0. The van der Waals surface area contributed by atoms with Crippen LogP contribution in [0.15, 0.2) is 65.1 Å². The van der Waals surface area contributed by atoms with Gasteiger partial charge in [-0.1, -0.05) is 58.4 Å². The molecule has 1 saturated heterocycles. The van der Waals surface area contributed by atoms with Crippen molar-refractivity contribution in [2.75, 3.05) is 19.6 Å². The van der Waals surface area contributed by atoms with E-state index < -0.39 is 0 Å². The number of hydrogen-bond donors (Lipinski definition) is 1. The number of carbonyl (C=O) groups excluding carboxylic acids is 1. The van der Waals surface area contributed by atoms with E-state index >= 15 is 0 Å². The first kappa shape index (κ1) is 20.1. The highest BCUT2D eigenvalue weighted by atomic mass is 79.9. The third-order valence-corrected chi connectivity index (χ3v) is 6.52. The monoisotopic (exact) mass is 450 g/mol. The first-order valence-corrected chi connectivity index (χ1v) is 11.2. The molecule has 150 valence electrons. The van der Waals surface area contributed by atoms with Gasteiger partial charge in [-0.3, -0.25) is 4.79 Å². The molecule has 4 heteroatoms. The molecule has 3 nitrogen and oxygen atoms in total. The third-order valence-electron chi connectivity index (χ3n) is 5.99. The summed E-state index contributed by atoms with van der Waals surface area (Å²) >= 11 is 3.43. The number of nitrogens with zero attached hydrogens (tertiary/aromatic N) is 1. The van der Waals surface area contributed by atoms with E-state index in [1.54, 1.807) is 0 Å². The van der Waals surface area contributed by atoms with E-state index in [0.29, 0.717) is 5.78 Å². The molecule has 1 aliphatic heterocycles. The Hall–Kier alpha value is -2.17. The normalized spacial score (nSPS) is 15.5. The molecule has 0 amide bonds. The third kappa shape index (κ3) is 4.88. The number of halogens is 1. The van der Waals surface area contributed by atoms with Crippen LogP contribution >= 0.6 is 15.9 Å². The van der Waals surface area contributed by atoms with E-state index in [1.165, 1.54) is 22.5 Å². The standard InChI is InChI=1S/C25H27BrN2O/c1-18-22(17-24(27-18)19-5-3-2-4-6-19)13-16-28-14-11-21(12-15-28)25(29)20-7-9-23(26)10-8-20/h2-10,17,21,27H,11-16H2,1H3. The summed E-state index contributed by atoms with van der Waals surface area (Å²) in [4.78, 5) is 18.8. The largest absolute Gasteiger partial charge is 0.358 e. The second kappa shape index (κ2) is 9.10. The van der Waals surface area contributed by atoms with E-state index in [0.717, 1.165) is 48.9 Å². The lowest BCUT2D eigenvalue weighted by atomic mass is 9.89. The molecule has 2 heterocycles. The number of aromatic amines is 1. The second-order valence-corrected chi connectivity index (χ2v) is 8.85. The Balaban J connectivity index is 1.30. The molecule has 0 bridgehead atoms. The van der Waals surface area contributed by atoms with Crippen LogP contribution in [0.3, 0.4) is 0 Å². The summed E-state index contributed by atoms with van der Waals surface area (Å²) in [7, 11) is 0. The molecular formula is C25H27BrN2O. The summed E-state index contributed by atoms with van der Waals surface area (Å²) in [5.41, 5.74) is 5.90. The maximum atomic E-state index is 12.7. The molecule has 1 fully saturated rings. The number of Topliss-reactive ketones (excluding diaryl/α,β-unsaturated/α-hetero) is 1. The number of aromatic nitrogens is 1. The molecule has 4 rings (SSSR count). The number of likely N-dealkylation sites (tertiary alicyclic amines) is 1. The number of nitrogens with one attached hydrogen (secondary N) is 1. The van der Waals surface area contributed by atoms with Crippen LogP contribution in [-0.4, -0.2) is 35.3 Å². The molecule has 1 aromatic heterocycles. The summed E-state index contributed by atoms with van der Waals surface area (Å²) < 4.78 is 1.01. The smallest absolute Gasteiger partial charge is 0.166 e. The van der Waals surface area contributed by atoms with Gasteiger partial charge in [0.1, 0.15) is 0 Å². The molecule has 0 spiro atoms. The Morgan fingerprint density at radius 2 is 1.76 bits per heavy atom. The van der Waals surface area contributed by atoms with Gasteiger partial charge in [-0.25, -0.2) is 0 Å². The number of benzene rings is 2. The molecule has 3 aromatic rings. The van der Waals surface area contributed by atoms with Gasteiger partial charge in [0.15, 0.2) is 5.78 Å². The summed E-state index contributed by atoms with van der Waals surface area (Å²) in [6.45, 7) is 5.21. The van der Waals surface area contributed by atoms with E-state index in [4.69, 9.17) is 0 Å². The van der Waals surface area contributed by atoms with Gasteiger partial charge in [-0.05, 0) is 68.6 Å². The van der Waals surface area contributed by atoms with Crippen molar-refractivity contribution in [3.63, 3.8) is 0 Å². The van der Waals surface area contributed by atoms with Crippen LogP contribution in [-0.2, 0) is 6.42 Å². The van der Waals surface area contributed by atoms with Crippen molar-refractivity contribution in [3.05, 3.63) is 82.0 Å². The second-order valence-electron chi connectivity index (χ2n) is 7.94. The summed E-state index contributed by atoms with van der Waals surface area (Å²) in [6, 6.07) is 20.5. The molecule has 1 N–H and O–H groups in total. The van der Waals surface area contributed by atoms with Crippen LogP contribution in [0.25, 0.3) is 11.3 Å². The van der Waals surface area contributed by atoms with Crippen LogP contribution in [0.1, 0.15) is 34.5 Å². The van der Waals surface area contributed by atoms with Crippen LogP contribution in [0.4, 0.5) is 0 Å². The molecule has 0 unspecified atom stereocenters. The van der Waals surface area contributed by atoms with Gasteiger partial charge in [-0.2, -0.15) is 0 Å². The van der Waals surface area contributed by atoms with Crippen molar-refractivity contribution in [2.24, 2.45) is 5.92 Å². The number of H-pyrrole nitrogens is 1. The van der Waals surface area contributed by atoms with Gasteiger partial charge < -0.3 is 9.88 Å². The fourth-order valence-corrected chi connectivity index (χ4v) is 4.45. The van der Waals surface area contributed by atoms with Crippen LogP contribution in [0.5, 0.6) is 0 Å². The fraction of sp³-hybridized carbons (Fsp3) is 0.320. The molecule has 0 radical (unpaired) electrons. The van der Waals surface area contributed by atoms with Crippen molar-refractivity contribution < 1.29 is 4.79 Å². The highest BCUT2D eigenvalue weighted by Crippen LogP contribution is 2.25. The number of piperidine rings is 1. The van der Waals surface area contributed by atoms with Crippen LogP contribution < -0.4 is 0 Å². The number of aryl methyl sites for hydroxylation is 1. The van der Waals surface area contributed by atoms with Crippen molar-refractivity contribution in [1.29, 1.82) is 0 Å². The maximum absolute atomic E-state index is 12.7. The van der Waals surface area contributed by atoms with Gasteiger partial charge in [0.2, 0.25) is 0 Å². The lowest BCUT2D eigenvalue weighted by Gasteiger charge is -2.31. The highest BCUT2D eigenvalue weighted by Gasteiger charge is 2.25. The zero-order chi connectivity index (χ0) is 20.2. The predicted molar refractivity (Wildman–Crippen MR) is 122 cm³/mol. The Morgan fingerprint density at radius 3 is 2.45 bits per heavy atom. The number of hydrogen-bond acceptors (Lipinski definition) is 2. The SMILES string of the molecule is Cc1[nH]c(-c2ccccc2)cc1CCN1CCC(C(=O)c2ccc(Br)cc2)CC1. The van der Waals surface area contributed by atoms with E-state index in [1.807, 2.05) is 30.3 Å². The lowest BCUT2D eigenvalue weighted by Crippen LogP contribution is -2.37. The van der Waals surface area contributed by atoms with Crippen molar-refractivity contribution >= 4 is 21.7 Å². The Kier molecular flexibility index (Phi) is 6.31. The first-order valence-electron chi connectivity index (χ1n) is 10.4. The number of ketones is 1. The first-order chi connectivity index (χ1) is 14.1. The Bertz CT molecular complexity index is 954. The zero-order valence-corrected chi connectivity index (χ0v) is 18.4. The number of carbonyl (C=O) groups is 1. The molecule has 29 heavy (non-hydrogen) atoms. The Morgan fingerprint density at radius 1 is 1.07 bits per heavy atom. The minimum Gasteiger partial charge on any atom is -0.358 e. The van der Waals surface area contributed by atoms with Crippen LogP contribution in [0, 0.1) is 12.8 Å². The van der Waals surface area contributed by atoms with Gasteiger partial charge in [0.05, 0.1) is 0 Å². The van der Waals surface area contributed by atoms with E-state index in [2.05, 4.69) is 63.1 Å². The van der Waals surface area contributed by atoms with Crippen LogP contribution in [0.2, 0.25) is 0 Å². The molecule has 0 aliphatic carbocycles. The van der Waals surface area contributed by atoms with Crippen molar-refractivity contribution in [2.45, 2.75) is 26.2 Å². The minimum atomic E-state index is 0.158. The molecular weight excluding hydrogens is 424 g/mol. The maximum Gasteiger partial charge on any atom is 0.166 e. The minimum absolute atomic E-state index is 0.158. The summed E-state index contributed by atoms with van der Waals surface area (Å²) in [5.74, 6) is 0.456. The van der Waals surface area contributed by atoms with Gasteiger partial charge in [-0.15, -0.1) is 0 Å². The van der Waals surface area contributed by atoms with E-state index in [9.17, 15) is 4.79 Å². The average Bonchev–Trinajstić information content (AvgIpc) is 3.14. The number of rotatable bonds is 6. The van der Waals surface area contributed by atoms with Gasteiger partial charge >= 0.3 is 0 Å². The lowest BCUT2D eigenvalue weighted by molar-refractivity contribution is 0.0841.